The lowest BCUT2D eigenvalue weighted by Crippen LogP contribution is -2.51. The number of imide groups is 1. The van der Waals surface area contributed by atoms with Gasteiger partial charge in [0.15, 0.2) is 0 Å². The fraction of sp³-hybridized carbons (Fsp3) is 0.214. The molecule has 0 aliphatic heterocycles. The first-order valence-corrected chi connectivity index (χ1v) is 6.60. The molecule has 0 aliphatic rings. The first kappa shape index (κ1) is 15.7. The summed E-state index contributed by atoms with van der Waals surface area (Å²) >= 11 is 0. The molecular formula is C14H17N5O3. The molecule has 1 aromatic heterocycles. The number of imidazole rings is 1. The number of hydrogen-bond acceptors (Lipinski definition) is 6. The van der Waals surface area contributed by atoms with Crippen molar-refractivity contribution in [1.29, 1.82) is 0 Å². The summed E-state index contributed by atoms with van der Waals surface area (Å²) in [5, 5.41) is 0.393. The van der Waals surface area contributed by atoms with Crippen LogP contribution in [0.5, 0.6) is 0 Å². The van der Waals surface area contributed by atoms with Crippen molar-refractivity contribution in [3.05, 3.63) is 54.1 Å². The number of amides is 2. The maximum Gasteiger partial charge on any atom is 0.431 e. The van der Waals surface area contributed by atoms with E-state index in [2.05, 4.69) is 9.97 Å². The van der Waals surface area contributed by atoms with Crippen LogP contribution in [0.1, 0.15) is 11.3 Å². The highest BCUT2D eigenvalue weighted by Crippen LogP contribution is 2.04. The predicted octanol–water partition coefficient (Wildman–Crippen LogP) is 0.319. The fourth-order valence-corrected chi connectivity index (χ4v) is 1.78. The third kappa shape index (κ3) is 4.14. The van der Waals surface area contributed by atoms with Gasteiger partial charge in [0.25, 0.3) is 5.91 Å². The molecule has 1 atom stereocenters. The zero-order valence-electron chi connectivity index (χ0n) is 11.8. The van der Waals surface area contributed by atoms with Gasteiger partial charge in [-0.2, -0.15) is 5.01 Å². The summed E-state index contributed by atoms with van der Waals surface area (Å²) in [4.78, 5) is 30.3. The van der Waals surface area contributed by atoms with E-state index in [0.717, 1.165) is 5.56 Å². The van der Waals surface area contributed by atoms with Gasteiger partial charge in [-0.3, -0.25) is 4.79 Å². The second-order valence-corrected chi connectivity index (χ2v) is 4.64. The van der Waals surface area contributed by atoms with E-state index < -0.39 is 18.0 Å². The van der Waals surface area contributed by atoms with Crippen molar-refractivity contribution < 1.29 is 14.3 Å². The van der Waals surface area contributed by atoms with E-state index in [-0.39, 0.29) is 13.0 Å². The van der Waals surface area contributed by atoms with Gasteiger partial charge in [0.05, 0.1) is 12.4 Å². The lowest BCUT2D eigenvalue weighted by atomic mass is 10.1. The SMILES string of the molecule is N[C@H](Cc1cnc[nH]1)C(=O)N(N)C(=O)OCc1ccccc1. The standard InChI is InChI=1S/C14H17N5O3/c15-12(6-11-7-17-9-18-11)13(20)19(16)14(21)22-8-10-4-2-1-3-5-10/h1-5,7,9,12H,6,8,15-16H2,(H,17,18)/t12-/m1/s1. The number of aromatic amines is 1. The number of hydrazine groups is 1. The Kier molecular flexibility index (Phi) is 5.23. The normalized spacial score (nSPS) is 11.7. The Morgan fingerprint density at radius 3 is 2.68 bits per heavy atom. The number of benzene rings is 1. The lowest BCUT2D eigenvalue weighted by Gasteiger charge is -2.18. The number of H-pyrrole nitrogens is 1. The van der Waals surface area contributed by atoms with Crippen LogP contribution >= 0.6 is 0 Å². The Morgan fingerprint density at radius 2 is 2.05 bits per heavy atom. The molecular weight excluding hydrogens is 286 g/mol. The largest absolute Gasteiger partial charge is 0.443 e. The molecule has 5 N–H and O–H groups in total. The van der Waals surface area contributed by atoms with Gasteiger partial charge in [-0.25, -0.2) is 15.6 Å². The summed E-state index contributed by atoms with van der Waals surface area (Å²) in [7, 11) is 0. The Bertz CT molecular complexity index is 615. The third-order valence-corrected chi connectivity index (χ3v) is 2.95. The number of hydrogen-bond donors (Lipinski definition) is 3. The van der Waals surface area contributed by atoms with Gasteiger partial charge in [0.1, 0.15) is 6.61 Å². The lowest BCUT2D eigenvalue weighted by molar-refractivity contribution is -0.131. The Balaban J connectivity index is 1.85. The Labute approximate surface area is 127 Å². The number of nitrogens with one attached hydrogen (secondary N) is 1. The molecule has 0 radical (unpaired) electrons. The molecule has 8 nitrogen and oxygen atoms in total. The van der Waals surface area contributed by atoms with E-state index in [0.29, 0.717) is 10.7 Å². The Morgan fingerprint density at radius 1 is 1.32 bits per heavy atom. The van der Waals surface area contributed by atoms with Gasteiger partial charge in [-0.15, -0.1) is 0 Å². The third-order valence-electron chi connectivity index (χ3n) is 2.95. The highest BCUT2D eigenvalue weighted by atomic mass is 16.6. The van der Waals surface area contributed by atoms with Crippen molar-refractivity contribution in [2.45, 2.75) is 19.1 Å². The van der Waals surface area contributed by atoms with Crippen LogP contribution in [0, 0.1) is 0 Å². The van der Waals surface area contributed by atoms with Crippen molar-refractivity contribution in [2.75, 3.05) is 0 Å². The van der Waals surface area contributed by atoms with Gasteiger partial charge in [0.2, 0.25) is 0 Å². The van der Waals surface area contributed by atoms with Crippen LogP contribution in [-0.2, 0) is 22.6 Å². The molecule has 0 saturated carbocycles. The number of carbonyl (C=O) groups is 2. The van der Waals surface area contributed by atoms with Gasteiger partial charge < -0.3 is 15.5 Å². The highest BCUT2D eigenvalue weighted by Gasteiger charge is 2.25. The summed E-state index contributed by atoms with van der Waals surface area (Å²) < 4.78 is 4.96. The van der Waals surface area contributed by atoms with Gasteiger partial charge in [0, 0.05) is 18.3 Å². The quantitative estimate of drug-likeness (QED) is 0.414. The van der Waals surface area contributed by atoms with Gasteiger partial charge >= 0.3 is 6.09 Å². The zero-order chi connectivity index (χ0) is 15.9. The van der Waals surface area contributed by atoms with Gasteiger partial charge in [-0.1, -0.05) is 30.3 Å². The van der Waals surface area contributed by atoms with Crippen molar-refractivity contribution in [3.8, 4) is 0 Å². The summed E-state index contributed by atoms with van der Waals surface area (Å²) in [5.74, 6) is 4.73. The minimum Gasteiger partial charge on any atom is -0.443 e. The first-order valence-electron chi connectivity index (χ1n) is 6.60. The molecule has 1 heterocycles. The van der Waals surface area contributed by atoms with E-state index in [1.54, 1.807) is 18.3 Å². The number of rotatable bonds is 5. The van der Waals surface area contributed by atoms with Crippen LogP contribution < -0.4 is 11.6 Å². The van der Waals surface area contributed by atoms with E-state index in [4.69, 9.17) is 16.3 Å². The van der Waals surface area contributed by atoms with E-state index in [1.165, 1.54) is 6.33 Å². The molecule has 0 saturated heterocycles. The molecule has 8 heteroatoms. The van der Waals surface area contributed by atoms with Crippen LogP contribution in [0.3, 0.4) is 0 Å². The van der Waals surface area contributed by atoms with Crippen LogP contribution in [-0.4, -0.2) is 33.0 Å². The first-order chi connectivity index (χ1) is 10.6. The van der Waals surface area contributed by atoms with Gasteiger partial charge in [-0.05, 0) is 5.56 Å². The molecule has 2 aromatic rings. The molecule has 1 aromatic carbocycles. The maximum absolute atomic E-state index is 12.0. The Hall–Kier alpha value is -2.71. The molecule has 2 rings (SSSR count). The number of carbonyl (C=O) groups excluding carboxylic acids is 2. The molecule has 0 spiro atoms. The molecule has 0 unspecified atom stereocenters. The molecule has 22 heavy (non-hydrogen) atoms. The summed E-state index contributed by atoms with van der Waals surface area (Å²) in [6.45, 7) is 0.0242. The van der Waals surface area contributed by atoms with Crippen molar-refractivity contribution in [3.63, 3.8) is 0 Å². The molecule has 116 valence electrons. The highest BCUT2D eigenvalue weighted by molar-refractivity contribution is 5.94. The molecule has 0 bridgehead atoms. The van der Waals surface area contributed by atoms with Crippen molar-refractivity contribution in [1.82, 2.24) is 15.0 Å². The number of aromatic nitrogens is 2. The monoisotopic (exact) mass is 303 g/mol. The molecule has 2 amide bonds. The zero-order valence-corrected chi connectivity index (χ0v) is 11.8. The van der Waals surface area contributed by atoms with E-state index in [1.807, 2.05) is 18.2 Å². The predicted molar refractivity (Wildman–Crippen MR) is 77.9 cm³/mol. The molecule has 0 fully saturated rings. The average molecular weight is 303 g/mol. The van der Waals surface area contributed by atoms with Crippen molar-refractivity contribution >= 4 is 12.0 Å². The second-order valence-electron chi connectivity index (χ2n) is 4.64. The molecule has 0 aliphatic carbocycles. The minimum atomic E-state index is -0.963. The van der Waals surface area contributed by atoms with E-state index in [9.17, 15) is 9.59 Å². The topological polar surface area (TPSA) is 127 Å². The summed E-state index contributed by atoms with van der Waals surface area (Å²) in [6.07, 6.45) is 2.26. The summed E-state index contributed by atoms with van der Waals surface area (Å²) in [6, 6.07) is 8.09. The smallest absolute Gasteiger partial charge is 0.431 e. The fourth-order valence-electron chi connectivity index (χ4n) is 1.78. The summed E-state index contributed by atoms with van der Waals surface area (Å²) in [5.41, 5.74) is 7.19. The van der Waals surface area contributed by atoms with Crippen molar-refractivity contribution in [2.24, 2.45) is 11.6 Å². The number of nitrogens with zero attached hydrogens (tertiary/aromatic N) is 2. The minimum absolute atomic E-state index is 0.0242. The van der Waals surface area contributed by atoms with E-state index >= 15 is 0 Å². The van der Waals surface area contributed by atoms with Crippen LogP contribution in [0.15, 0.2) is 42.9 Å². The number of ether oxygens (including phenoxy) is 1. The van der Waals surface area contributed by atoms with Crippen LogP contribution in [0.4, 0.5) is 4.79 Å². The maximum atomic E-state index is 12.0. The second kappa shape index (κ2) is 7.34. The van der Waals surface area contributed by atoms with Crippen LogP contribution in [0.25, 0.3) is 0 Å². The van der Waals surface area contributed by atoms with Crippen LogP contribution in [0.2, 0.25) is 0 Å². The average Bonchev–Trinajstić information content (AvgIpc) is 3.05. The number of nitrogens with two attached hydrogens (primary N) is 2.